The first-order chi connectivity index (χ1) is 20.4. The second-order valence-corrected chi connectivity index (χ2v) is 10.9. The number of hydrogen-bond acceptors (Lipinski definition) is 7. The molecule has 9 nitrogen and oxygen atoms in total. The molecule has 4 aromatic rings. The van der Waals surface area contributed by atoms with Crippen molar-refractivity contribution < 1.29 is 29.0 Å². The smallest absolute Gasteiger partial charge is 0.407 e. The maximum Gasteiger partial charge on any atom is 0.407 e. The first-order valence-corrected chi connectivity index (χ1v) is 14.5. The number of benzene rings is 3. The molecule has 0 spiro atoms. The summed E-state index contributed by atoms with van der Waals surface area (Å²) >= 11 is 1.25. The van der Waals surface area contributed by atoms with Crippen LogP contribution in [0, 0.1) is 0 Å². The minimum Gasteiger partial charge on any atom is -0.481 e. The van der Waals surface area contributed by atoms with E-state index in [4.69, 9.17) is 14.6 Å². The first kappa shape index (κ1) is 29.0. The number of rotatable bonds is 12. The number of thiazole rings is 1. The molecule has 0 radical (unpaired) electrons. The molecule has 42 heavy (non-hydrogen) atoms. The molecular weight excluding hydrogens is 554 g/mol. The van der Waals surface area contributed by atoms with Crippen LogP contribution < -0.4 is 10.6 Å². The largest absolute Gasteiger partial charge is 0.481 e. The lowest BCUT2D eigenvalue weighted by Gasteiger charge is -2.25. The van der Waals surface area contributed by atoms with Gasteiger partial charge in [-0.2, -0.15) is 0 Å². The summed E-state index contributed by atoms with van der Waals surface area (Å²) in [7, 11) is 0. The van der Waals surface area contributed by atoms with Gasteiger partial charge in [0.2, 0.25) is 5.91 Å². The molecule has 10 heteroatoms. The third-order valence-electron chi connectivity index (χ3n) is 7.07. The standard InChI is InChI=1S/C32H31N3O6S/c1-20(40-17-21-9-3-2-4-10-21)30(31(38)33-16-28-34-22(19-42-28)15-29(36)37)35-32(39)41-18-27-25-13-7-5-11-23(25)24-12-6-8-14-26(24)27/h2-14,19-20,27,30H,15-18H2,1H3,(H,33,38)(H,35,39)(H,36,37)/t20-,30+/m0/s1. The Morgan fingerprint density at radius 3 is 2.26 bits per heavy atom. The minimum absolute atomic E-state index is 0.0807. The third-order valence-corrected chi connectivity index (χ3v) is 7.97. The first-order valence-electron chi connectivity index (χ1n) is 13.6. The number of aromatic nitrogens is 1. The molecule has 1 aliphatic rings. The number of ether oxygens (including phenoxy) is 2. The van der Waals surface area contributed by atoms with Gasteiger partial charge in [0, 0.05) is 11.3 Å². The molecule has 1 aliphatic carbocycles. The lowest BCUT2D eigenvalue weighted by atomic mass is 9.98. The van der Waals surface area contributed by atoms with E-state index in [1.807, 2.05) is 66.7 Å². The van der Waals surface area contributed by atoms with Crippen LogP contribution in [0.5, 0.6) is 0 Å². The Hall–Kier alpha value is -4.54. The fourth-order valence-electron chi connectivity index (χ4n) is 5.00. The summed E-state index contributed by atoms with van der Waals surface area (Å²) in [5, 5.41) is 16.7. The van der Waals surface area contributed by atoms with E-state index in [-0.39, 0.29) is 32.1 Å². The molecule has 1 aromatic heterocycles. The van der Waals surface area contributed by atoms with E-state index < -0.39 is 30.1 Å². The van der Waals surface area contributed by atoms with E-state index in [2.05, 4.69) is 27.8 Å². The van der Waals surface area contributed by atoms with Crippen LogP contribution in [-0.4, -0.2) is 46.8 Å². The Bertz CT molecular complexity index is 1510. The summed E-state index contributed by atoms with van der Waals surface area (Å²) in [6.07, 6.45) is -1.62. The van der Waals surface area contributed by atoms with Crippen molar-refractivity contribution in [1.82, 2.24) is 15.6 Å². The molecule has 2 amide bonds. The van der Waals surface area contributed by atoms with Gasteiger partial charge in [-0.15, -0.1) is 11.3 Å². The average molecular weight is 586 g/mol. The second kappa shape index (κ2) is 13.4. The normalized spacial score (nSPS) is 13.5. The molecule has 0 fully saturated rings. The molecule has 0 bridgehead atoms. The highest BCUT2D eigenvalue weighted by Gasteiger charge is 2.31. The Balaban J connectivity index is 1.24. The third kappa shape index (κ3) is 7.02. The molecule has 0 aliphatic heterocycles. The van der Waals surface area contributed by atoms with Gasteiger partial charge < -0.3 is 25.2 Å². The zero-order chi connectivity index (χ0) is 29.5. The highest BCUT2D eigenvalue weighted by atomic mass is 32.1. The number of amides is 2. The summed E-state index contributed by atoms with van der Waals surface area (Å²) in [5.41, 5.74) is 5.77. The van der Waals surface area contributed by atoms with E-state index in [9.17, 15) is 14.4 Å². The van der Waals surface area contributed by atoms with Gasteiger partial charge in [0.25, 0.3) is 0 Å². The van der Waals surface area contributed by atoms with Gasteiger partial charge in [-0.25, -0.2) is 9.78 Å². The van der Waals surface area contributed by atoms with Crippen LogP contribution in [0.2, 0.25) is 0 Å². The Morgan fingerprint density at radius 2 is 1.60 bits per heavy atom. The maximum atomic E-state index is 13.3. The van der Waals surface area contributed by atoms with Gasteiger partial charge in [0.15, 0.2) is 0 Å². The van der Waals surface area contributed by atoms with Crippen molar-refractivity contribution >= 4 is 29.3 Å². The zero-order valence-corrected chi connectivity index (χ0v) is 23.8. The number of carbonyl (C=O) groups is 3. The summed E-state index contributed by atoms with van der Waals surface area (Å²) in [6, 6.07) is 24.6. The SMILES string of the molecule is C[C@H](OCc1ccccc1)[C@@H](NC(=O)OCC1c2ccccc2-c2ccccc21)C(=O)NCc1nc(CC(=O)O)cs1. The highest BCUT2D eigenvalue weighted by molar-refractivity contribution is 7.09. The molecule has 0 saturated heterocycles. The van der Waals surface area contributed by atoms with Crippen molar-refractivity contribution in [3.8, 4) is 11.1 Å². The number of hydrogen-bond donors (Lipinski definition) is 3. The van der Waals surface area contributed by atoms with Crippen LogP contribution in [0.15, 0.2) is 84.2 Å². The van der Waals surface area contributed by atoms with Crippen molar-refractivity contribution in [1.29, 1.82) is 0 Å². The Kier molecular flexibility index (Phi) is 9.25. The van der Waals surface area contributed by atoms with E-state index in [0.29, 0.717) is 10.7 Å². The Morgan fingerprint density at radius 1 is 0.952 bits per heavy atom. The number of carboxylic acids is 1. The fraction of sp³-hybridized carbons (Fsp3) is 0.250. The van der Waals surface area contributed by atoms with Crippen molar-refractivity contribution in [2.75, 3.05) is 6.61 Å². The van der Waals surface area contributed by atoms with Gasteiger partial charge in [0.1, 0.15) is 17.7 Å². The van der Waals surface area contributed by atoms with Gasteiger partial charge in [-0.1, -0.05) is 78.9 Å². The molecule has 0 saturated carbocycles. The lowest BCUT2D eigenvalue weighted by Crippen LogP contribution is -2.53. The van der Waals surface area contributed by atoms with E-state index in [0.717, 1.165) is 27.8 Å². The topological polar surface area (TPSA) is 127 Å². The van der Waals surface area contributed by atoms with Crippen molar-refractivity contribution in [2.24, 2.45) is 0 Å². The van der Waals surface area contributed by atoms with Crippen molar-refractivity contribution in [2.45, 2.75) is 44.6 Å². The minimum atomic E-state index is -1.05. The van der Waals surface area contributed by atoms with Crippen LogP contribution in [0.25, 0.3) is 11.1 Å². The molecule has 2 atom stereocenters. The number of carbonyl (C=O) groups excluding carboxylic acids is 2. The number of nitrogens with one attached hydrogen (secondary N) is 2. The zero-order valence-electron chi connectivity index (χ0n) is 23.0. The summed E-state index contributed by atoms with van der Waals surface area (Å²) < 4.78 is 11.7. The number of nitrogens with zero attached hydrogens (tertiary/aromatic N) is 1. The van der Waals surface area contributed by atoms with Crippen LogP contribution in [0.3, 0.4) is 0 Å². The number of aliphatic carboxylic acids is 1. The fourth-order valence-corrected chi connectivity index (χ4v) is 5.73. The average Bonchev–Trinajstić information content (AvgIpc) is 3.58. The molecular formula is C32H31N3O6S. The Labute approximate surface area is 247 Å². The van der Waals surface area contributed by atoms with Crippen molar-refractivity contribution in [3.05, 3.63) is 112 Å². The summed E-state index contributed by atoms with van der Waals surface area (Å²) in [4.78, 5) is 41.6. The molecule has 1 heterocycles. The number of carboxylic acid groups (broad SMARTS) is 1. The molecule has 3 N–H and O–H groups in total. The molecule has 5 rings (SSSR count). The summed E-state index contributed by atoms with van der Waals surface area (Å²) in [5.74, 6) is -1.57. The van der Waals surface area contributed by atoms with Crippen molar-refractivity contribution in [3.63, 3.8) is 0 Å². The van der Waals surface area contributed by atoms with E-state index in [1.54, 1.807) is 12.3 Å². The van der Waals surface area contributed by atoms with Crippen LogP contribution in [0.4, 0.5) is 4.79 Å². The predicted octanol–water partition coefficient (Wildman–Crippen LogP) is 4.90. The number of alkyl carbamates (subject to hydrolysis) is 1. The molecule has 216 valence electrons. The molecule has 3 aromatic carbocycles. The quantitative estimate of drug-likeness (QED) is 0.216. The van der Waals surface area contributed by atoms with E-state index >= 15 is 0 Å². The van der Waals surface area contributed by atoms with Crippen LogP contribution >= 0.6 is 11.3 Å². The van der Waals surface area contributed by atoms with Gasteiger partial charge >= 0.3 is 12.1 Å². The molecule has 0 unspecified atom stereocenters. The van der Waals surface area contributed by atoms with Crippen LogP contribution in [-0.2, 0) is 38.6 Å². The number of fused-ring (bicyclic) bond motifs is 3. The lowest BCUT2D eigenvalue weighted by molar-refractivity contribution is -0.136. The summed E-state index contributed by atoms with van der Waals surface area (Å²) in [6.45, 7) is 2.16. The monoisotopic (exact) mass is 585 g/mol. The maximum absolute atomic E-state index is 13.3. The van der Waals surface area contributed by atoms with Gasteiger partial charge in [0.05, 0.1) is 31.4 Å². The van der Waals surface area contributed by atoms with Gasteiger partial charge in [-0.05, 0) is 34.7 Å². The predicted molar refractivity (Wildman–Crippen MR) is 158 cm³/mol. The highest BCUT2D eigenvalue weighted by Crippen LogP contribution is 2.44. The second-order valence-electron chi connectivity index (χ2n) is 9.97. The van der Waals surface area contributed by atoms with Crippen LogP contribution in [0.1, 0.15) is 40.2 Å². The van der Waals surface area contributed by atoms with Gasteiger partial charge in [-0.3, -0.25) is 9.59 Å². The van der Waals surface area contributed by atoms with E-state index in [1.165, 1.54) is 11.3 Å².